The maximum Gasteiger partial charge on any atom is 0.260 e. The number of carbonyl (C=O) groups is 1. The molecule has 0 radical (unpaired) electrons. The Balaban J connectivity index is 1.75. The lowest BCUT2D eigenvalue weighted by atomic mass is 10.2. The third kappa shape index (κ3) is 5.19. The highest BCUT2D eigenvalue weighted by atomic mass is 16.5. The topological polar surface area (TPSA) is 56.8 Å². The van der Waals surface area contributed by atoms with Gasteiger partial charge in [0.05, 0.1) is 13.7 Å². The largest absolute Gasteiger partial charge is 0.493 e. The SMILES string of the molecule is COc1ccccc1O[C@@H](C)C(=O)NCCOc1cccc(C)c1. The molecule has 1 atom stereocenters. The van der Waals surface area contributed by atoms with Crippen LogP contribution in [0.25, 0.3) is 0 Å². The van der Waals surface area contributed by atoms with Crippen LogP contribution in [0.3, 0.4) is 0 Å². The molecule has 24 heavy (non-hydrogen) atoms. The van der Waals surface area contributed by atoms with Crippen LogP contribution in [-0.4, -0.2) is 32.3 Å². The summed E-state index contributed by atoms with van der Waals surface area (Å²) in [5.41, 5.74) is 1.13. The molecule has 0 aliphatic carbocycles. The number of nitrogens with one attached hydrogen (secondary N) is 1. The Bertz CT molecular complexity index is 672. The monoisotopic (exact) mass is 329 g/mol. The van der Waals surface area contributed by atoms with Crippen LogP contribution in [0.4, 0.5) is 0 Å². The highest BCUT2D eigenvalue weighted by Crippen LogP contribution is 2.26. The normalized spacial score (nSPS) is 11.5. The van der Waals surface area contributed by atoms with Crippen LogP contribution in [0, 0.1) is 6.92 Å². The molecule has 5 nitrogen and oxygen atoms in total. The summed E-state index contributed by atoms with van der Waals surface area (Å²) in [6.07, 6.45) is -0.625. The standard InChI is InChI=1S/C19H23NO4/c1-14-7-6-8-16(13-14)23-12-11-20-19(21)15(2)24-18-10-5-4-9-17(18)22-3/h4-10,13,15H,11-12H2,1-3H3,(H,20,21)/t15-/m0/s1. The zero-order valence-corrected chi connectivity index (χ0v) is 14.2. The van der Waals surface area contributed by atoms with Gasteiger partial charge in [-0.1, -0.05) is 24.3 Å². The number of carbonyl (C=O) groups excluding carboxylic acids is 1. The fourth-order valence-corrected chi connectivity index (χ4v) is 2.15. The zero-order valence-electron chi connectivity index (χ0n) is 14.2. The molecule has 2 aromatic carbocycles. The van der Waals surface area contributed by atoms with Crippen LogP contribution >= 0.6 is 0 Å². The summed E-state index contributed by atoms with van der Waals surface area (Å²) < 4.78 is 16.5. The molecular weight excluding hydrogens is 306 g/mol. The third-order valence-electron chi connectivity index (χ3n) is 3.40. The van der Waals surface area contributed by atoms with Gasteiger partial charge >= 0.3 is 0 Å². The summed E-state index contributed by atoms with van der Waals surface area (Å²) in [6, 6.07) is 15.0. The maximum absolute atomic E-state index is 12.1. The minimum absolute atomic E-state index is 0.200. The van der Waals surface area contributed by atoms with Crippen molar-refractivity contribution < 1.29 is 19.0 Å². The minimum Gasteiger partial charge on any atom is -0.493 e. The van der Waals surface area contributed by atoms with E-state index in [1.54, 1.807) is 26.2 Å². The van der Waals surface area contributed by atoms with Gasteiger partial charge < -0.3 is 19.5 Å². The van der Waals surface area contributed by atoms with Crippen LogP contribution in [0.5, 0.6) is 17.2 Å². The molecule has 0 heterocycles. The Morgan fingerprint density at radius 1 is 1.12 bits per heavy atom. The molecule has 0 unspecified atom stereocenters. The van der Waals surface area contributed by atoms with Crippen LogP contribution in [-0.2, 0) is 4.79 Å². The van der Waals surface area contributed by atoms with E-state index in [1.165, 1.54) is 0 Å². The van der Waals surface area contributed by atoms with Crippen molar-refractivity contribution in [2.24, 2.45) is 0 Å². The number of para-hydroxylation sites is 2. The van der Waals surface area contributed by atoms with Crippen LogP contribution in [0.2, 0.25) is 0 Å². The molecule has 0 saturated carbocycles. The van der Waals surface area contributed by atoms with Crippen molar-refractivity contribution in [3.63, 3.8) is 0 Å². The summed E-state index contributed by atoms with van der Waals surface area (Å²) in [7, 11) is 1.57. The molecule has 1 N–H and O–H groups in total. The van der Waals surface area contributed by atoms with Crippen LogP contribution in [0.15, 0.2) is 48.5 Å². The van der Waals surface area contributed by atoms with E-state index in [4.69, 9.17) is 14.2 Å². The van der Waals surface area contributed by atoms with Crippen molar-refractivity contribution in [2.75, 3.05) is 20.3 Å². The van der Waals surface area contributed by atoms with Gasteiger partial charge in [0.15, 0.2) is 17.6 Å². The number of methoxy groups -OCH3 is 1. The van der Waals surface area contributed by atoms with Gasteiger partial charge in [-0.15, -0.1) is 0 Å². The van der Waals surface area contributed by atoms with E-state index in [0.29, 0.717) is 24.7 Å². The van der Waals surface area contributed by atoms with Crippen molar-refractivity contribution in [1.82, 2.24) is 5.32 Å². The van der Waals surface area contributed by atoms with Gasteiger partial charge in [-0.3, -0.25) is 4.79 Å². The molecule has 2 rings (SSSR count). The van der Waals surface area contributed by atoms with Gasteiger partial charge in [0, 0.05) is 0 Å². The molecule has 128 valence electrons. The summed E-state index contributed by atoms with van der Waals surface area (Å²) >= 11 is 0. The Morgan fingerprint density at radius 3 is 2.58 bits per heavy atom. The number of hydrogen-bond acceptors (Lipinski definition) is 4. The van der Waals surface area contributed by atoms with Crippen LogP contribution < -0.4 is 19.5 Å². The molecule has 0 aromatic heterocycles. The zero-order chi connectivity index (χ0) is 17.4. The number of ether oxygens (including phenoxy) is 3. The number of benzene rings is 2. The molecule has 0 saturated heterocycles. The van der Waals surface area contributed by atoms with Gasteiger partial charge in [0.1, 0.15) is 12.4 Å². The first kappa shape index (κ1) is 17.7. The van der Waals surface area contributed by atoms with Crippen molar-refractivity contribution in [2.45, 2.75) is 20.0 Å². The fraction of sp³-hybridized carbons (Fsp3) is 0.316. The predicted molar refractivity (Wildman–Crippen MR) is 92.8 cm³/mol. The van der Waals surface area contributed by atoms with Crippen LogP contribution in [0.1, 0.15) is 12.5 Å². The Kier molecular flexibility index (Phi) is 6.49. The predicted octanol–water partition coefficient (Wildman–Crippen LogP) is 2.97. The number of amides is 1. The van der Waals surface area contributed by atoms with E-state index in [-0.39, 0.29) is 5.91 Å². The Hall–Kier alpha value is -2.69. The van der Waals surface area contributed by atoms with Gasteiger partial charge in [0.2, 0.25) is 0 Å². The average molecular weight is 329 g/mol. The summed E-state index contributed by atoms with van der Waals surface area (Å²) in [5, 5.41) is 2.80. The van der Waals surface area contributed by atoms with Gasteiger partial charge in [0.25, 0.3) is 5.91 Å². The lowest BCUT2D eigenvalue weighted by Crippen LogP contribution is -2.38. The highest BCUT2D eigenvalue weighted by molar-refractivity contribution is 5.80. The first-order valence-electron chi connectivity index (χ1n) is 7.87. The average Bonchev–Trinajstić information content (AvgIpc) is 2.59. The van der Waals surface area contributed by atoms with Gasteiger partial charge in [-0.05, 0) is 43.7 Å². The molecular formula is C19H23NO4. The second-order valence-corrected chi connectivity index (χ2v) is 5.37. The van der Waals surface area contributed by atoms with E-state index in [1.807, 2.05) is 43.3 Å². The van der Waals surface area contributed by atoms with E-state index in [9.17, 15) is 4.79 Å². The highest BCUT2D eigenvalue weighted by Gasteiger charge is 2.16. The second kappa shape index (κ2) is 8.82. The van der Waals surface area contributed by atoms with Crippen molar-refractivity contribution >= 4 is 5.91 Å². The Labute approximate surface area is 142 Å². The van der Waals surface area contributed by atoms with E-state index in [0.717, 1.165) is 11.3 Å². The first-order chi connectivity index (χ1) is 11.6. The van der Waals surface area contributed by atoms with E-state index < -0.39 is 6.10 Å². The summed E-state index contributed by atoms with van der Waals surface area (Å²) in [4.78, 5) is 12.1. The molecule has 0 bridgehead atoms. The molecule has 0 aliphatic rings. The lowest BCUT2D eigenvalue weighted by molar-refractivity contribution is -0.127. The first-order valence-corrected chi connectivity index (χ1v) is 7.87. The molecule has 0 fully saturated rings. The summed E-state index contributed by atoms with van der Waals surface area (Å²) in [5.74, 6) is 1.73. The van der Waals surface area contributed by atoms with E-state index >= 15 is 0 Å². The fourth-order valence-electron chi connectivity index (χ4n) is 2.15. The summed E-state index contributed by atoms with van der Waals surface area (Å²) in [6.45, 7) is 4.51. The van der Waals surface area contributed by atoms with Gasteiger partial charge in [-0.2, -0.15) is 0 Å². The number of rotatable bonds is 8. The van der Waals surface area contributed by atoms with Gasteiger partial charge in [-0.25, -0.2) is 0 Å². The number of aryl methyl sites for hydroxylation is 1. The second-order valence-electron chi connectivity index (χ2n) is 5.37. The van der Waals surface area contributed by atoms with E-state index in [2.05, 4.69) is 5.32 Å². The van der Waals surface area contributed by atoms with Crippen molar-refractivity contribution in [1.29, 1.82) is 0 Å². The molecule has 0 aliphatic heterocycles. The van der Waals surface area contributed by atoms with Crippen molar-refractivity contribution in [3.8, 4) is 17.2 Å². The lowest BCUT2D eigenvalue weighted by Gasteiger charge is -2.16. The minimum atomic E-state index is -0.625. The number of hydrogen-bond donors (Lipinski definition) is 1. The smallest absolute Gasteiger partial charge is 0.260 e. The quantitative estimate of drug-likeness (QED) is 0.757. The third-order valence-corrected chi connectivity index (χ3v) is 3.40. The van der Waals surface area contributed by atoms with Crippen molar-refractivity contribution in [3.05, 3.63) is 54.1 Å². The maximum atomic E-state index is 12.1. The molecule has 0 spiro atoms. The molecule has 1 amide bonds. The molecule has 2 aromatic rings. The Morgan fingerprint density at radius 2 is 1.88 bits per heavy atom. The molecule has 5 heteroatoms.